The molecule has 1 heterocycles. The van der Waals surface area contributed by atoms with Gasteiger partial charge in [0, 0.05) is 17.6 Å². The number of rotatable bonds is 5. The van der Waals surface area contributed by atoms with Gasteiger partial charge in [0.25, 0.3) is 0 Å². The second kappa shape index (κ2) is 8.55. The fourth-order valence-corrected chi connectivity index (χ4v) is 5.10. The van der Waals surface area contributed by atoms with E-state index >= 15 is 0 Å². The highest BCUT2D eigenvalue weighted by atomic mass is 16.5. The van der Waals surface area contributed by atoms with Crippen molar-refractivity contribution in [3.63, 3.8) is 0 Å². The number of aryl methyl sites for hydroxylation is 1. The summed E-state index contributed by atoms with van der Waals surface area (Å²) in [6.07, 6.45) is 0.958. The second-order valence-corrected chi connectivity index (χ2v) is 8.66. The van der Waals surface area contributed by atoms with Crippen LogP contribution in [0.4, 0.5) is 0 Å². The Morgan fingerprint density at radius 3 is 2.16 bits per heavy atom. The van der Waals surface area contributed by atoms with Gasteiger partial charge in [-0.25, -0.2) is 0 Å². The Morgan fingerprint density at radius 1 is 0.844 bits per heavy atom. The Morgan fingerprint density at radius 2 is 1.53 bits per heavy atom. The summed E-state index contributed by atoms with van der Waals surface area (Å²) in [7, 11) is 9.04. The van der Waals surface area contributed by atoms with E-state index < -0.39 is 0 Å². The van der Waals surface area contributed by atoms with Gasteiger partial charge in [-0.3, -0.25) is 4.90 Å². The lowest BCUT2D eigenvalue weighted by molar-refractivity contribution is 0.175. The minimum atomic E-state index is 0.231. The third-order valence-electron chi connectivity index (χ3n) is 6.93. The lowest BCUT2D eigenvalue weighted by Gasteiger charge is -2.39. The van der Waals surface area contributed by atoms with Crippen molar-refractivity contribution in [3.8, 4) is 34.1 Å². The monoisotopic (exact) mass is 435 g/mol. The molecular formula is C27H33NO4. The molecule has 0 unspecified atom stereocenters. The molecule has 3 aromatic rings. The average molecular weight is 436 g/mol. The molecule has 0 fully saturated rings. The van der Waals surface area contributed by atoms with Crippen LogP contribution in [0.15, 0.2) is 30.3 Å². The third kappa shape index (κ3) is 3.36. The summed E-state index contributed by atoms with van der Waals surface area (Å²) in [5, 5.41) is 1.99. The molecule has 170 valence electrons. The minimum Gasteiger partial charge on any atom is -0.496 e. The first kappa shape index (κ1) is 22.3. The molecular weight excluding hydrogens is 402 g/mol. The van der Waals surface area contributed by atoms with E-state index in [0.717, 1.165) is 56.9 Å². The number of fused-ring (bicyclic) bond motifs is 2. The summed E-state index contributed by atoms with van der Waals surface area (Å²) in [4.78, 5) is 2.40. The summed E-state index contributed by atoms with van der Waals surface area (Å²) in [6.45, 7) is 6.58. The molecule has 2 atom stereocenters. The van der Waals surface area contributed by atoms with Crippen LogP contribution < -0.4 is 18.9 Å². The molecule has 1 aliphatic heterocycles. The average Bonchev–Trinajstić information content (AvgIpc) is 2.80. The maximum atomic E-state index is 6.12. The van der Waals surface area contributed by atoms with Crippen molar-refractivity contribution >= 4 is 10.8 Å². The van der Waals surface area contributed by atoms with Crippen molar-refractivity contribution in [1.29, 1.82) is 0 Å². The van der Waals surface area contributed by atoms with Gasteiger partial charge < -0.3 is 18.9 Å². The molecule has 0 aromatic heterocycles. The Kier molecular flexibility index (Phi) is 5.95. The van der Waals surface area contributed by atoms with Crippen molar-refractivity contribution in [2.24, 2.45) is 0 Å². The summed E-state index contributed by atoms with van der Waals surface area (Å²) in [5.41, 5.74) is 5.62. The molecule has 4 rings (SSSR count). The van der Waals surface area contributed by atoms with Crippen LogP contribution in [0.2, 0.25) is 0 Å². The molecule has 0 saturated heterocycles. The van der Waals surface area contributed by atoms with Crippen molar-refractivity contribution < 1.29 is 18.9 Å². The van der Waals surface area contributed by atoms with E-state index in [-0.39, 0.29) is 6.04 Å². The minimum absolute atomic E-state index is 0.231. The van der Waals surface area contributed by atoms with E-state index in [1.165, 1.54) is 11.1 Å². The van der Waals surface area contributed by atoms with Gasteiger partial charge >= 0.3 is 0 Å². The van der Waals surface area contributed by atoms with Gasteiger partial charge in [0.1, 0.15) is 23.0 Å². The lowest BCUT2D eigenvalue weighted by atomic mass is 9.84. The van der Waals surface area contributed by atoms with Gasteiger partial charge in [-0.05, 0) is 80.6 Å². The topological polar surface area (TPSA) is 40.2 Å². The normalized spacial score (nSPS) is 18.4. The number of hydrogen-bond donors (Lipinski definition) is 0. The predicted octanol–water partition coefficient (Wildman–Crippen LogP) is 5.79. The third-order valence-corrected chi connectivity index (χ3v) is 6.93. The van der Waals surface area contributed by atoms with Crippen molar-refractivity contribution in [2.75, 3.05) is 35.5 Å². The molecule has 0 bridgehead atoms. The zero-order valence-electron chi connectivity index (χ0n) is 20.3. The molecule has 0 saturated carbocycles. The van der Waals surface area contributed by atoms with Gasteiger partial charge in [0.2, 0.25) is 0 Å². The van der Waals surface area contributed by atoms with Crippen LogP contribution in [0.5, 0.6) is 23.0 Å². The van der Waals surface area contributed by atoms with Gasteiger partial charge in [-0.1, -0.05) is 6.07 Å². The number of nitrogens with zero attached hydrogens (tertiary/aromatic N) is 1. The Labute approximate surface area is 190 Å². The molecule has 32 heavy (non-hydrogen) atoms. The molecule has 0 radical (unpaired) electrons. The molecule has 0 spiro atoms. The van der Waals surface area contributed by atoms with Crippen LogP contribution in [0, 0.1) is 6.92 Å². The SMILES string of the molecule is COc1cc2c(c(OC)c1-c1ccc(OC)c3c(OC)cc(C)cc13)[C@@H](C)N(C)[C@@H](C)C2. The van der Waals surface area contributed by atoms with Crippen LogP contribution in [-0.2, 0) is 6.42 Å². The molecule has 0 N–H and O–H groups in total. The Bertz CT molecular complexity index is 1170. The molecule has 1 aliphatic rings. The fourth-order valence-electron chi connectivity index (χ4n) is 5.10. The van der Waals surface area contributed by atoms with Gasteiger partial charge in [-0.15, -0.1) is 0 Å². The zero-order valence-corrected chi connectivity index (χ0v) is 20.3. The van der Waals surface area contributed by atoms with Crippen molar-refractivity contribution in [1.82, 2.24) is 4.90 Å². The molecule has 0 amide bonds. The van der Waals surface area contributed by atoms with Crippen LogP contribution in [0.25, 0.3) is 21.9 Å². The quantitative estimate of drug-likeness (QED) is 0.507. The highest BCUT2D eigenvalue weighted by Gasteiger charge is 2.33. The first-order valence-electron chi connectivity index (χ1n) is 11.0. The highest BCUT2D eigenvalue weighted by Crippen LogP contribution is 2.51. The Hall–Kier alpha value is -2.92. The number of hydrogen-bond acceptors (Lipinski definition) is 5. The van der Waals surface area contributed by atoms with Gasteiger partial charge in [-0.2, -0.15) is 0 Å². The Balaban J connectivity index is 2.12. The fraction of sp³-hybridized carbons (Fsp3) is 0.407. The molecule has 3 aromatic carbocycles. The number of likely N-dealkylation sites (N-methyl/N-ethyl adjacent to an activating group) is 1. The lowest BCUT2D eigenvalue weighted by Crippen LogP contribution is -2.38. The highest BCUT2D eigenvalue weighted by molar-refractivity contribution is 6.06. The van der Waals surface area contributed by atoms with Crippen molar-refractivity contribution in [2.45, 2.75) is 39.3 Å². The molecule has 5 heteroatoms. The van der Waals surface area contributed by atoms with Crippen LogP contribution in [0.3, 0.4) is 0 Å². The van der Waals surface area contributed by atoms with Gasteiger partial charge in [0.05, 0.1) is 39.4 Å². The van der Waals surface area contributed by atoms with Crippen LogP contribution >= 0.6 is 0 Å². The maximum Gasteiger partial charge on any atom is 0.135 e. The zero-order chi connectivity index (χ0) is 23.2. The predicted molar refractivity (Wildman–Crippen MR) is 130 cm³/mol. The largest absolute Gasteiger partial charge is 0.496 e. The van der Waals surface area contributed by atoms with E-state index in [9.17, 15) is 0 Å². The van der Waals surface area contributed by atoms with Crippen LogP contribution in [-0.4, -0.2) is 46.4 Å². The van der Waals surface area contributed by atoms with E-state index in [1.807, 2.05) is 12.1 Å². The summed E-state index contributed by atoms with van der Waals surface area (Å²) >= 11 is 0. The molecule has 5 nitrogen and oxygen atoms in total. The first-order valence-corrected chi connectivity index (χ1v) is 11.0. The standard InChI is InChI=1S/C27H33NO4/c1-15-11-20-19(9-10-21(29-5)25(20)22(12-15)30-6)26-23(31-7)14-18-13-16(2)28(4)17(3)24(18)27(26)32-8/h9-12,14,16-17H,13H2,1-8H3/t16-,17+/m0/s1. The first-order chi connectivity index (χ1) is 15.4. The smallest absolute Gasteiger partial charge is 0.135 e. The van der Waals surface area contributed by atoms with Gasteiger partial charge in [0.15, 0.2) is 0 Å². The number of ether oxygens (including phenoxy) is 4. The number of methoxy groups -OCH3 is 4. The molecule has 0 aliphatic carbocycles. The number of benzene rings is 3. The summed E-state index contributed by atoms with van der Waals surface area (Å²) in [5.74, 6) is 3.25. The van der Waals surface area contributed by atoms with Crippen LogP contribution in [0.1, 0.15) is 36.6 Å². The summed E-state index contributed by atoms with van der Waals surface area (Å²) in [6, 6.07) is 11.2. The van der Waals surface area contributed by atoms with E-state index in [4.69, 9.17) is 18.9 Å². The van der Waals surface area contributed by atoms with E-state index in [1.54, 1.807) is 28.4 Å². The van der Waals surface area contributed by atoms with E-state index in [2.05, 4.69) is 50.9 Å². The summed E-state index contributed by atoms with van der Waals surface area (Å²) < 4.78 is 23.5. The van der Waals surface area contributed by atoms with E-state index in [0.29, 0.717) is 6.04 Å². The maximum absolute atomic E-state index is 6.12. The second-order valence-electron chi connectivity index (χ2n) is 8.66. The van der Waals surface area contributed by atoms with Crippen molar-refractivity contribution in [3.05, 3.63) is 47.0 Å².